The van der Waals surface area contributed by atoms with Crippen molar-refractivity contribution in [3.63, 3.8) is 0 Å². The van der Waals surface area contributed by atoms with Crippen molar-refractivity contribution in [3.8, 4) is 0 Å². The molecule has 0 unspecified atom stereocenters. The van der Waals surface area contributed by atoms with E-state index >= 15 is 0 Å². The summed E-state index contributed by atoms with van der Waals surface area (Å²) in [6.45, 7) is 1.13. The third-order valence-corrected chi connectivity index (χ3v) is 3.27. The van der Waals surface area contributed by atoms with E-state index in [1.54, 1.807) is 5.38 Å². The number of hydrogen-bond donors (Lipinski definition) is 3. The van der Waals surface area contributed by atoms with E-state index in [9.17, 15) is 4.79 Å². The number of nitrogens with zero attached hydrogens (tertiary/aromatic N) is 2. The number of aromatic nitrogens is 1. The van der Waals surface area contributed by atoms with Crippen LogP contribution in [0.1, 0.15) is 18.5 Å². The molecule has 1 aromatic rings. The molecule has 1 amide bonds. The fourth-order valence-corrected chi connectivity index (χ4v) is 2.25. The molecular weight excluding hydrogens is 256 g/mol. The lowest BCUT2D eigenvalue weighted by Crippen LogP contribution is -2.37. The van der Waals surface area contributed by atoms with Crippen LogP contribution in [-0.2, 0) is 9.53 Å². The predicted molar refractivity (Wildman–Crippen MR) is 66.8 cm³/mol. The van der Waals surface area contributed by atoms with Gasteiger partial charge in [0, 0.05) is 18.5 Å². The maximum Gasteiger partial charge on any atom is 0.275 e. The molecule has 0 saturated carbocycles. The van der Waals surface area contributed by atoms with Gasteiger partial charge in [0.15, 0.2) is 10.8 Å². The Labute approximate surface area is 108 Å². The van der Waals surface area contributed by atoms with Crippen LogP contribution in [0, 0.1) is 0 Å². The first-order valence-electron chi connectivity index (χ1n) is 5.54. The van der Waals surface area contributed by atoms with E-state index < -0.39 is 5.91 Å². The highest BCUT2D eigenvalue weighted by Crippen LogP contribution is 2.13. The normalized spacial score (nSPS) is 20.0. The van der Waals surface area contributed by atoms with Crippen molar-refractivity contribution in [1.29, 1.82) is 0 Å². The van der Waals surface area contributed by atoms with Crippen LogP contribution < -0.4 is 11.1 Å². The minimum Gasteiger partial charge on any atom is -0.410 e. The lowest BCUT2D eigenvalue weighted by Gasteiger charge is -2.10. The topological polar surface area (TPSA) is 110 Å². The molecule has 1 aromatic heterocycles. The predicted octanol–water partition coefficient (Wildman–Crippen LogP) is 0.199. The number of carbonyl (C=O) groups is 1. The molecule has 1 aliphatic rings. The molecule has 0 spiro atoms. The van der Waals surface area contributed by atoms with Crippen molar-refractivity contribution in [2.45, 2.75) is 18.9 Å². The van der Waals surface area contributed by atoms with Crippen molar-refractivity contribution in [3.05, 3.63) is 11.1 Å². The Morgan fingerprint density at radius 3 is 3.17 bits per heavy atom. The molecule has 4 N–H and O–H groups in total. The fraction of sp³-hybridized carbons (Fsp3) is 0.500. The van der Waals surface area contributed by atoms with Gasteiger partial charge in [0.1, 0.15) is 5.69 Å². The number of anilines is 1. The minimum atomic E-state index is -0.488. The lowest BCUT2D eigenvalue weighted by atomic mass is 10.2. The van der Waals surface area contributed by atoms with Gasteiger partial charge in [0.2, 0.25) is 0 Å². The SMILES string of the molecule is Nc1nc(/C(=N/O)C(=O)NC[C@H]2CCCO2)cs1. The van der Waals surface area contributed by atoms with Crippen LogP contribution in [0.25, 0.3) is 0 Å². The number of thiazole rings is 1. The van der Waals surface area contributed by atoms with E-state index in [1.807, 2.05) is 0 Å². The maximum absolute atomic E-state index is 11.8. The Morgan fingerprint density at radius 1 is 1.78 bits per heavy atom. The highest BCUT2D eigenvalue weighted by atomic mass is 32.1. The number of nitrogen functional groups attached to an aromatic ring is 1. The first kappa shape index (κ1) is 12.8. The average Bonchev–Trinajstić information content (AvgIpc) is 2.99. The summed E-state index contributed by atoms with van der Waals surface area (Å²) in [5.41, 5.74) is 5.59. The molecule has 1 aliphatic heterocycles. The Bertz CT molecular complexity index is 454. The average molecular weight is 270 g/mol. The zero-order chi connectivity index (χ0) is 13.0. The van der Waals surface area contributed by atoms with Crippen LogP contribution in [0.4, 0.5) is 5.13 Å². The Hall–Kier alpha value is -1.67. The number of nitrogens with one attached hydrogen (secondary N) is 1. The molecular formula is C10H14N4O3S. The van der Waals surface area contributed by atoms with Crippen molar-refractivity contribution in [2.24, 2.45) is 5.16 Å². The Morgan fingerprint density at radius 2 is 2.61 bits per heavy atom. The van der Waals surface area contributed by atoms with Gasteiger partial charge in [0.25, 0.3) is 5.91 Å². The van der Waals surface area contributed by atoms with Gasteiger partial charge < -0.3 is 21.0 Å². The van der Waals surface area contributed by atoms with Gasteiger partial charge in [-0.15, -0.1) is 11.3 Å². The quantitative estimate of drug-likeness (QED) is 0.411. The van der Waals surface area contributed by atoms with E-state index in [-0.39, 0.29) is 17.5 Å². The summed E-state index contributed by atoms with van der Waals surface area (Å²) in [6.07, 6.45) is 1.97. The molecule has 0 bridgehead atoms. The van der Waals surface area contributed by atoms with Crippen molar-refractivity contribution < 1.29 is 14.7 Å². The number of nitrogens with two attached hydrogens (primary N) is 1. The van der Waals surface area contributed by atoms with E-state index in [2.05, 4.69) is 15.5 Å². The summed E-state index contributed by atoms with van der Waals surface area (Å²) in [7, 11) is 0. The highest BCUT2D eigenvalue weighted by Gasteiger charge is 2.21. The largest absolute Gasteiger partial charge is 0.410 e. The first-order chi connectivity index (χ1) is 8.70. The van der Waals surface area contributed by atoms with Crippen LogP contribution in [0.3, 0.4) is 0 Å². The van der Waals surface area contributed by atoms with Crippen LogP contribution in [0.2, 0.25) is 0 Å². The maximum atomic E-state index is 11.8. The third-order valence-electron chi connectivity index (χ3n) is 2.59. The molecule has 8 heteroatoms. The number of hydrogen-bond acceptors (Lipinski definition) is 7. The lowest BCUT2D eigenvalue weighted by molar-refractivity contribution is -0.115. The monoisotopic (exact) mass is 270 g/mol. The van der Waals surface area contributed by atoms with E-state index in [0.717, 1.165) is 19.4 Å². The summed E-state index contributed by atoms with van der Waals surface area (Å²) in [6, 6.07) is 0. The summed E-state index contributed by atoms with van der Waals surface area (Å²) >= 11 is 1.18. The van der Waals surface area contributed by atoms with E-state index in [4.69, 9.17) is 15.7 Å². The van der Waals surface area contributed by atoms with Crippen LogP contribution >= 0.6 is 11.3 Å². The Kier molecular flexibility index (Phi) is 4.11. The van der Waals surface area contributed by atoms with Crippen LogP contribution in [-0.4, -0.2) is 41.1 Å². The number of carbonyl (C=O) groups excluding carboxylic acids is 1. The molecule has 7 nitrogen and oxygen atoms in total. The fourth-order valence-electron chi connectivity index (χ4n) is 1.70. The number of ether oxygens (including phenoxy) is 1. The van der Waals surface area contributed by atoms with Gasteiger partial charge in [-0.2, -0.15) is 0 Å². The summed E-state index contributed by atoms with van der Waals surface area (Å²) < 4.78 is 5.38. The zero-order valence-electron chi connectivity index (χ0n) is 9.63. The number of rotatable bonds is 4. The standard InChI is InChI=1S/C10H14N4O3S/c11-10-13-7(5-18-10)8(14-16)9(15)12-4-6-2-1-3-17-6/h5-6,16H,1-4H2,(H2,11,13)(H,12,15)/b14-8-/t6-/m1/s1. The zero-order valence-corrected chi connectivity index (χ0v) is 10.4. The molecule has 98 valence electrons. The van der Waals surface area contributed by atoms with E-state index in [1.165, 1.54) is 11.3 Å². The molecule has 0 aliphatic carbocycles. The summed E-state index contributed by atoms with van der Waals surface area (Å²) in [4.78, 5) is 15.7. The number of amides is 1. The van der Waals surface area contributed by atoms with Gasteiger partial charge in [-0.05, 0) is 12.8 Å². The van der Waals surface area contributed by atoms with Crippen LogP contribution in [0.15, 0.2) is 10.5 Å². The second kappa shape index (κ2) is 5.78. The molecule has 18 heavy (non-hydrogen) atoms. The number of oxime groups is 1. The van der Waals surface area contributed by atoms with Gasteiger partial charge in [-0.3, -0.25) is 4.79 Å². The van der Waals surface area contributed by atoms with Crippen molar-refractivity contribution in [1.82, 2.24) is 10.3 Å². The minimum absolute atomic E-state index is 0.0365. The van der Waals surface area contributed by atoms with Gasteiger partial charge in [0.05, 0.1) is 6.10 Å². The Balaban J connectivity index is 1.93. The third kappa shape index (κ3) is 2.96. The second-order valence-corrected chi connectivity index (χ2v) is 4.75. The molecule has 2 heterocycles. The molecule has 0 aromatic carbocycles. The van der Waals surface area contributed by atoms with E-state index in [0.29, 0.717) is 11.7 Å². The van der Waals surface area contributed by atoms with Gasteiger partial charge >= 0.3 is 0 Å². The van der Waals surface area contributed by atoms with Gasteiger partial charge in [-0.25, -0.2) is 4.98 Å². The molecule has 1 fully saturated rings. The van der Waals surface area contributed by atoms with Crippen molar-refractivity contribution in [2.75, 3.05) is 18.9 Å². The summed E-state index contributed by atoms with van der Waals surface area (Å²) in [5.74, 6) is -0.488. The summed E-state index contributed by atoms with van der Waals surface area (Å²) in [5, 5.41) is 16.4. The van der Waals surface area contributed by atoms with Crippen molar-refractivity contribution >= 4 is 28.1 Å². The smallest absolute Gasteiger partial charge is 0.275 e. The second-order valence-electron chi connectivity index (χ2n) is 3.86. The molecule has 1 atom stereocenters. The van der Waals surface area contributed by atoms with Gasteiger partial charge in [-0.1, -0.05) is 5.16 Å². The molecule has 1 saturated heterocycles. The first-order valence-corrected chi connectivity index (χ1v) is 6.42. The molecule has 2 rings (SSSR count). The highest BCUT2D eigenvalue weighted by molar-refractivity contribution is 7.13. The van der Waals surface area contributed by atoms with Crippen LogP contribution in [0.5, 0.6) is 0 Å². The molecule has 0 radical (unpaired) electrons.